The minimum atomic E-state index is -1.22. The van der Waals surface area contributed by atoms with Crippen molar-refractivity contribution in [1.82, 2.24) is 19.7 Å². The average Bonchev–Trinajstić information content (AvgIpc) is 2.85. The molecule has 37 heavy (non-hydrogen) atoms. The maximum absolute atomic E-state index is 14.0. The Labute approximate surface area is 210 Å². The van der Waals surface area contributed by atoms with Crippen LogP contribution in [-0.2, 0) is 11.3 Å². The summed E-state index contributed by atoms with van der Waals surface area (Å²) in [6.07, 6.45) is 3.48. The zero-order valence-electron chi connectivity index (χ0n) is 20.4. The van der Waals surface area contributed by atoms with E-state index in [4.69, 9.17) is 0 Å². The maximum atomic E-state index is 14.0. The molecule has 12 heteroatoms. The van der Waals surface area contributed by atoms with Gasteiger partial charge in [0.2, 0.25) is 11.3 Å². The summed E-state index contributed by atoms with van der Waals surface area (Å²) in [6, 6.07) is 0.136. The van der Waals surface area contributed by atoms with Gasteiger partial charge in [-0.2, -0.15) is 0 Å². The van der Waals surface area contributed by atoms with Gasteiger partial charge in [0.05, 0.1) is 6.04 Å². The van der Waals surface area contributed by atoms with Crippen molar-refractivity contribution in [2.75, 3.05) is 20.1 Å². The van der Waals surface area contributed by atoms with Crippen LogP contribution in [0.2, 0.25) is 0 Å². The highest BCUT2D eigenvalue weighted by atomic mass is 19.1. The largest absolute Gasteiger partial charge is 0.503 e. The van der Waals surface area contributed by atoms with Gasteiger partial charge in [-0.25, -0.2) is 13.2 Å². The summed E-state index contributed by atoms with van der Waals surface area (Å²) in [5.41, 5.74) is -2.58. The number of carbonyl (C=O) groups is 3. The lowest BCUT2D eigenvalue weighted by molar-refractivity contribution is -0.130. The molecule has 198 valence electrons. The van der Waals surface area contributed by atoms with Crippen LogP contribution < -0.4 is 10.7 Å². The fraction of sp³-hybridized carbons (Fsp3) is 0.440. The topological polar surface area (TPSA) is 112 Å². The van der Waals surface area contributed by atoms with E-state index in [9.17, 15) is 37.5 Å². The van der Waals surface area contributed by atoms with Gasteiger partial charge in [0.15, 0.2) is 11.4 Å². The van der Waals surface area contributed by atoms with Gasteiger partial charge in [-0.05, 0) is 19.8 Å². The summed E-state index contributed by atoms with van der Waals surface area (Å²) in [4.78, 5) is 54.7. The van der Waals surface area contributed by atoms with Crippen molar-refractivity contribution >= 4 is 17.7 Å². The van der Waals surface area contributed by atoms with E-state index in [0.29, 0.717) is 31.4 Å². The second-order valence-corrected chi connectivity index (χ2v) is 9.49. The van der Waals surface area contributed by atoms with Gasteiger partial charge in [-0.1, -0.05) is 6.42 Å². The smallest absolute Gasteiger partial charge is 0.274 e. The third-order valence-corrected chi connectivity index (χ3v) is 6.96. The van der Waals surface area contributed by atoms with Crippen molar-refractivity contribution in [2.45, 2.75) is 51.2 Å². The van der Waals surface area contributed by atoms with Crippen LogP contribution in [0.25, 0.3) is 0 Å². The Hall–Kier alpha value is -3.83. The number of halogens is 3. The lowest BCUT2D eigenvalue weighted by atomic mass is 10.0. The molecule has 9 nitrogen and oxygen atoms in total. The van der Waals surface area contributed by atoms with E-state index in [-0.39, 0.29) is 30.7 Å². The molecular weight excluding hydrogens is 493 g/mol. The summed E-state index contributed by atoms with van der Waals surface area (Å²) in [6.45, 7) is 1.50. The molecule has 0 radical (unpaired) electrons. The second kappa shape index (κ2) is 10.3. The molecule has 2 aromatic rings. The Morgan fingerprint density at radius 2 is 1.78 bits per heavy atom. The Bertz CT molecular complexity index is 1310. The Balaban J connectivity index is 1.71. The van der Waals surface area contributed by atoms with Crippen LogP contribution in [0.3, 0.4) is 0 Å². The minimum Gasteiger partial charge on any atom is -0.503 e. The molecule has 3 amide bonds. The molecule has 0 spiro atoms. The van der Waals surface area contributed by atoms with Crippen LogP contribution in [-0.4, -0.2) is 63.4 Å². The van der Waals surface area contributed by atoms with E-state index in [1.165, 1.54) is 9.47 Å². The molecule has 2 aliphatic rings. The van der Waals surface area contributed by atoms with Crippen molar-refractivity contribution in [3.05, 3.63) is 62.8 Å². The monoisotopic (exact) mass is 520 g/mol. The summed E-state index contributed by atoms with van der Waals surface area (Å²) in [5.74, 6) is -6.20. The highest BCUT2D eigenvalue weighted by Crippen LogP contribution is 2.30. The zero-order valence-corrected chi connectivity index (χ0v) is 20.4. The van der Waals surface area contributed by atoms with Gasteiger partial charge in [0, 0.05) is 63.0 Å². The SMILES string of the molecule is C[C@H]1CCCCC(=O)N(C)C[C@H]2CN1C(=O)c1c(O)c(=O)c(C(=O)NCc3c(F)cc(F)cc3F)cn12. The number of carbonyl (C=O) groups excluding carboxylic acids is 3. The van der Waals surface area contributed by atoms with Gasteiger partial charge in [0.1, 0.15) is 23.0 Å². The molecule has 0 saturated carbocycles. The number of amides is 3. The molecule has 2 bridgehead atoms. The molecule has 1 aromatic carbocycles. The van der Waals surface area contributed by atoms with E-state index in [1.54, 1.807) is 11.9 Å². The molecule has 1 aromatic heterocycles. The standard InChI is InChI=1S/C25H27F3N4O5/c1-13-5-3-4-6-20(33)30(2)10-15-11-31(13)25(37)21-23(35)22(34)17(12-32(15)21)24(36)29-9-16-18(27)7-14(26)8-19(16)28/h7-8,12-13,15,35H,3-6,9-11H2,1-2H3,(H,29,36)/t13-,15-/m0/s1. The lowest BCUT2D eigenvalue weighted by Crippen LogP contribution is -2.51. The molecular formula is C25H27F3N4O5. The van der Waals surface area contributed by atoms with E-state index in [0.717, 1.165) is 12.6 Å². The number of aromatic hydroxyl groups is 1. The molecule has 3 heterocycles. The first kappa shape index (κ1) is 26.2. The number of likely N-dealkylation sites (N-methyl/N-ethyl adjacent to an activating group) is 1. The Morgan fingerprint density at radius 1 is 1.11 bits per heavy atom. The van der Waals surface area contributed by atoms with Gasteiger partial charge >= 0.3 is 0 Å². The quantitative estimate of drug-likeness (QED) is 0.645. The number of nitrogens with one attached hydrogen (secondary N) is 1. The van der Waals surface area contributed by atoms with Gasteiger partial charge in [-0.15, -0.1) is 0 Å². The number of hydrogen-bond acceptors (Lipinski definition) is 5. The number of hydrogen-bond donors (Lipinski definition) is 2. The molecule has 1 fully saturated rings. The van der Waals surface area contributed by atoms with E-state index in [2.05, 4.69) is 5.32 Å². The lowest BCUT2D eigenvalue weighted by Gasteiger charge is -2.40. The first-order valence-electron chi connectivity index (χ1n) is 11.9. The van der Waals surface area contributed by atoms with Crippen molar-refractivity contribution in [2.24, 2.45) is 0 Å². The fourth-order valence-electron chi connectivity index (χ4n) is 4.83. The second-order valence-electron chi connectivity index (χ2n) is 9.49. The van der Waals surface area contributed by atoms with Crippen LogP contribution in [0.15, 0.2) is 23.1 Å². The number of nitrogens with zero attached hydrogens (tertiary/aromatic N) is 3. The summed E-state index contributed by atoms with van der Waals surface area (Å²) < 4.78 is 42.4. The van der Waals surface area contributed by atoms with Crippen LogP contribution in [0, 0.1) is 17.5 Å². The molecule has 2 aliphatic heterocycles. The number of fused-ring (bicyclic) bond motifs is 4. The zero-order chi connectivity index (χ0) is 27.0. The number of benzene rings is 1. The van der Waals surface area contributed by atoms with Gasteiger partial charge in [0.25, 0.3) is 11.8 Å². The molecule has 2 atom stereocenters. The molecule has 0 unspecified atom stereocenters. The Kier molecular flexibility index (Phi) is 7.28. The molecule has 2 N–H and O–H groups in total. The van der Waals surface area contributed by atoms with E-state index < -0.39 is 64.2 Å². The normalized spacial score (nSPS) is 20.4. The highest BCUT2D eigenvalue weighted by molar-refractivity contribution is 5.99. The first-order chi connectivity index (χ1) is 17.5. The minimum absolute atomic E-state index is 0.0915. The van der Waals surface area contributed by atoms with Crippen molar-refractivity contribution in [1.29, 1.82) is 0 Å². The first-order valence-corrected chi connectivity index (χ1v) is 11.9. The highest BCUT2D eigenvalue weighted by Gasteiger charge is 2.38. The predicted molar refractivity (Wildman–Crippen MR) is 125 cm³/mol. The van der Waals surface area contributed by atoms with Crippen LogP contribution in [0.5, 0.6) is 5.75 Å². The molecule has 1 saturated heterocycles. The average molecular weight is 521 g/mol. The number of pyridine rings is 1. The summed E-state index contributed by atoms with van der Waals surface area (Å²) in [7, 11) is 1.62. The fourth-order valence-corrected chi connectivity index (χ4v) is 4.83. The Morgan fingerprint density at radius 3 is 2.46 bits per heavy atom. The van der Waals surface area contributed by atoms with Crippen molar-refractivity contribution in [3.63, 3.8) is 0 Å². The summed E-state index contributed by atoms with van der Waals surface area (Å²) >= 11 is 0. The third-order valence-electron chi connectivity index (χ3n) is 6.96. The maximum Gasteiger partial charge on any atom is 0.274 e. The number of aromatic nitrogens is 1. The predicted octanol–water partition coefficient (Wildman–Crippen LogP) is 2.32. The van der Waals surface area contributed by atoms with E-state index >= 15 is 0 Å². The van der Waals surface area contributed by atoms with Crippen LogP contribution >= 0.6 is 0 Å². The van der Waals surface area contributed by atoms with E-state index in [1.807, 2.05) is 6.92 Å². The summed E-state index contributed by atoms with van der Waals surface area (Å²) in [5, 5.41) is 13.0. The van der Waals surface area contributed by atoms with Gasteiger partial charge in [-0.3, -0.25) is 19.2 Å². The molecule has 4 rings (SSSR count). The van der Waals surface area contributed by atoms with Crippen LogP contribution in [0.4, 0.5) is 13.2 Å². The van der Waals surface area contributed by atoms with Crippen molar-refractivity contribution in [3.8, 4) is 5.75 Å². The number of rotatable bonds is 3. The third kappa shape index (κ3) is 5.05. The molecule has 0 aliphatic carbocycles. The van der Waals surface area contributed by atoms with Crippen LogP contribution in [0.1, 0.15) is 65.1 Å². The van der Waals surface area contributed by atoms with Gasteiger partial charge < -0.3 is 24.8 Å². The van der Waals surface area contributed by atoms with Crippen molar-refractivity contribution < 1.29 is 32.7 Å².